The first-order valence-corrected chi connectivity index (χ1v) is 42.4. The molecule has 0 heterocycles. The Labute approximate surface area is 613 Å². The van der Waals surface area contributed by atoms with Gasteiger partial charge in [-0.2, -0.15) is 0 Å². The van der Waals surface area contributed by atoms with Crippen LogP contribution in [-0.4, -0.2) is 87.4 Å². The fourth-order valence-corrected chi connectivity index (χ4v) is 12.5. The summed E-state index contributed by atoms with van der Waals surface area (Å²) in [5.41, 5.74) is 0. The maximum absolute atomic E-state index is 13.0. The second-order valence-corrected chi connectivity index (χ2v) is 29.7. The molecule has 99 heavy (non-hydrogen) atoms. The molecule has 0 fully saturated rings. The lowest BCUT2D eigenvalue weighted by molar-refractivity contribution is -0.870. The highest BCUT2D eigenvalue weighted by molar-refractivity contribution is 5.71. The number of hydrogen-bond acceptors (Lipinski definition) is 7. The first-order valence-electron chi connectivity index (χ1n) is 42.4. The third kappa shape index (κ3) is 81.4. The summed E-state index contributed by atoms with van der Waals surface area (Å²) in [5.74, 6) is -1.98. The molecule has 0 aliphatic carbocycles. The van der Waals surface area contributed by atoms with Gasteiger partial charge in [-0.05, 0) is 89.9 Å². The highest BCUT2D eigenvalue weighted by Crippen LogP contribution is 2.20. The van der Waals surface area contributed by atoms with Crippen molar-refractivity contribution in [2.75, 3.05) is 47.5 Å². The zero-order chi connectivity index (χ0) is 71.8. The van der Waals surface area contributed by atoms with Crippen LogP contribution in [0.3, 0.4) is 0 Å². The molecule has 1 N–H and O–H groups in total. The van der Waals surface area contributed by atoms with E-state index in [0.717, 1.165) is 89.9 Å². The van der Waals surface area contributed by atoms with Crippen molar-refractivity contribution in [3.05, 3.63) is 97.2 Å². The van der Waals surface area contributed by atoms with Gasteiger partial charge in [0.2, 0.25) is 0 Å². The second-order valence-electron chi connectivity index (χ2n) is 29.7. The Balaban J connectivity index is 3.94. The lowest BCUT2D eigenvalue weighted by atomic mass is 10.0. The van der Waals surface area contributed by atoms with Crippen molar-refractivity contribution in [2.45, 2.75) is 411 Å². The van der Waals surface area contributed by atoms with Gasteiger partial charge in [-0.25, -0.2) is 4.79 Å². The summed E-state index contributed by atoms with van der Waals surface area (Å²) in [6.07, 6.45) is 109. The van der Waals surface area contributed by atoms with Crippen LogP contribution in [0.1, 0.15) is 399 Å². The predicted octanol–water partition coefficient (Wildman–Crippen LogP) is 27.5. The van der Waals surface area contributed by atoms with Gasteiger partial charge >= 0.3 is 17.9 Å². The van der Waals surface area contributed by atoms with E-state index in [1.54, 1.807) is 0 Å². The van der Waals surface area contributed by atoms with Gasteiger partial charge in [0.15, 0.2) is 6.10 Å². The van der Waals surface area contributed by atoms with E-state index in [2.05, 4.69) is 111 Å². The molecule has 0 radical (unpaired) electrons. The molecule has 0 aromatic rings. The Hall–Kier alpha value is -3.79. The first-order chi connectivity index (χ1) is 48.6. The van der Waals surface area contributed by atoms with E-state index in [1.807, 2.05) is 21.1 Å². The quantitative estimate of drug-likeness (QED) is 0.0211. The van der Waals surface area contributed by atoms with Crippen LogP contribution in [0.25, 0.3) is 0 Å². The van der Waals surface area contributed by atoms with Crippen LogP contribution in [0.4, 0.5) is 0 Å². The Morgan fingerprint density at radius 2 is 0.545 bits per heavy atom. The van der Waals surface area contributed by atoms with Crippen LogP contribution in [0.5, 0.6) is 0 Å². The average Bonchev–Trinajstić information content (AvgIpc) is 1.41. The van der Waals surface area contributed by atoms with Gasteiger partial charge in [0.1, 0.15) is 13.2 Å². The van der Waals surface area contributed by atoms with E-state index in [1.165, 1.54) is 283 Å². The van der Waals surface area contributed by atoms with Crippen molar-refractivity contribution >= 4 is 17.9 Å². The number of rotatable bonds is 79. The molecular weight excluding hydrogens is 1220 g/mol. The van der Waals surface area contributed by atoms with E-state index < -0.39 is 18.4 Å². The minimum Gasteiger partial charge on any atom is -0.477 e. The highest BCUT2D eigenvalue weighted by atomic mass is 16.7. The Bertz CT molecular complexity index is 1960. The standard InChI is InChI=1S/C90H161NO8/c1-6-8-10-12-14-16-18-20-22-24-26-28-30-32-34-36-38-40-42-44-46-48-50-52-54-56-58-60-62-64-66-68-70-72-74-76-78-80-87(92)97-84-86(85-98-90(89(94)95)96-83-82-91(3,4)5)99-88(93)81-79-77-75-73-71-69-67-65-63-61-59-57-55-53-51-49-47-45-43-41-39-37-35-33-31-29-27-25-23-21-19-17-15-13-11-9-7-2/h8-11,14-17,20-23,26-29,86,90H,6-7,12-13,18-19,24-25,30-85H2,1-5H3/p+1/b10-8-,11-9-,16-14-,17-15-,22-20-,23-21-,28-26-,29-27-. The third-order valence-corrected chi connectivity index (χ3v) is 18.8. The summed E-state index contributed by atoms with van der Waals surface area (Å²) in [6.45, 7) is 4.71. The number of nitrogens with zero attached hydrogens (tertiary/aromatic N) is 1. The topological polar surface area (TPSA) is 108 Å². The molecule has 0 amide bonds. The molecule has 9 nitrogen and oxygen atoms in total. The summed E-state index contributed by atoms with van der Waals surface area (Å²) in [6, 6.07) is 0. The number of quaternary nitrogens is 1. The molecule has 2 atom stereocenters. The van der Waals surface area contributed by atoms with Crippen LogP contribution in [0.15, 0.2) is 97.2 Å². The zero-order valence-corrected chi connectivity index (χ0v) is 65.9. The number of esters is 2. The normalized spacial score (nSPS) is 13.1. The third-order valence-electron chi connectivity index (χ3n) is 18.8. The van der Waals surface area contributed by atoms with E-state index in [9.17, 15) is 19.5 Å². The summed E-state index contributed by atoms with van der Waals surface area (Å²) >= 11 is 0. The number of hydrogen-bond donors (Lipinski definition) is 1. The monoisotopic (exact) mass is 1390 g/mol. The zero-order valence-electron chi connectivity index (χ0n) is 65.9. The van der Waals surface area contributed by atoms with Gasteiger partial charge in [0.25, 0.3) is 6.29 Å². The molecule has 0 saturated carbocycles. The van der Waals surface area contributed by atoms with Gasteiger partial charge in [-0.1, -0.05) is 394 Å². The largest absolute Gasteiger partial charge is 0.477 e. The minimum absolute atomic E-state index is 0.178. The minimum atomic E-state index is -1.51. The Kier molecular flexibility index (Phi) is 76.8. The van der Waals surface area contributed by atoms with Crippen molar-refractivity contribution in [1.29, 1.82) is 0 Å². The molecule has 0 aliphatic heterocycles. The number of carboxylic acid groups (broad SMARTS) is 1. The molecule has 574 valence electrons. The Morgan fingerprint density at radius 3 is 0.808 bits per heavy atom. The second kappa shape index (κ2) is 79.9. The first kappa shape index (κ1) is 95.2. The highest BCUT2D eigenvalue weighted by Gasteiger charge is 2.25. The summed E-state index contributed by atoms with van der Waals surface area (Å²) in [5, 5.41) is 9.79. The lowest BCUT2D eigenvalue weighted by Gasteiger charge is -2.25. The van der Waals surface area contributed by atoms with Crippen molar-refractivity contribution in [1.82, 2.24) is 0 Å². The molecule has 0 aromatic carbocycles. The lowest BCUT2D eigenvalue weighted by Crippen LogP contribution is -2.40. The molecule has 0 aromatic heterocycles. The average molecular weight is 1390 g/mol. The van der Waals surface area contributed by atoms with Crippen LogP contribution in [0, 0.1) is 0 Å². The molecule has 2 unspecified atom stereocenters. The molecule has 0 bridgehead atoms. The number of carbonyl (C=O) groups excluding carboxylic acids is 2. The Morgan fingerprint density at radius 1 is 0.303 bits per heavy atom. The smallest absolute Gasteiger partial charge is 0.361 e. The number of unbranched alkanes of at least 4 members (excludes halogenated alkanes) is 48. The molecule has 0 rings (SSSR count). The fraction of sp³-hybridized carbons (Fsp3) is 0.789. The van der Waals surface area contributed by atoms with Gasteiger partial charge in [-0.3, -0.25) is 9.59 Å². The molecule has 0 saturated heterocycles. The van der Waals surface area contributed by atoms with E-state index >= 15 is 0 Å². The number of allylic oxidation sites excluding steroid dienone is 16. The number of carbonyl (C=O) groups is 3. The van der Waals surface area contributed by atoms with Crippen LogP contribution >= 0.6 is 0 Å². The predicted molar refractivity (Wildman–Crippen MR) is 429 cm³/mol. The van der Waals surface area contributed by atoms with Crippen LogP contribution < -0.4 is 0 Å². The van der Waals surface area contributed by atoms with E-state index in [-0.39, 0.29) is 38.2 Å². The van der Waals surface area contributed by atoms with Crippen LogP contribution in [-0.2, 0) is 33.3 Å². The van der Waals surface area contributed by atoms with Gasteiger partial charge in [0.05, 0.1) is 34.4 Å². The van der Waals surface area contributed by atoms with Gasteiger partial charge in [0, 0.05) is 12.8 Å². The maximum Gasteiger partial charge on any atom is 0.361 e. The van der Waals surface area contributed by atoms with E-state index in [4.69, 9.17) is 18.9 Å². The molecule has 0 aliphatic rings. The SMILES string of the molecule is CC/C=C\C/C=C\C/C=C\C/C=C\CCCCCCCCCCCCCCCCCCCCCCCCCCC(=O)OCC(COC(OCC[N+](C)(C)C)C(=O)O)OC(=O)CCCCCCCCCCCCCCCCCCCCCCCCCC/C=C\C/C=C\C/C=C\C/C=C\CC. The summed E-state index contributed by atoms with van der Waals surface area (Å²) in [4.78, 5) is 37.8. The van der Waals surface area contributed by atoms with Crippen molar-refractivity contribution in [3.63, 3.8) is 0 Å². The van der Waals surface area contributed by atoms with Crippen LogP contribution in [0.2, 0.25) is 0 Å². The molecule has 9 heteroatoms. The summed E-state index contributed by atoms with van der Waals surface area (Å²) in [7, 11) is 6.00. The van der Waals surface area contributed by atoms with Crippen molar-refractivity contribution in [3.8, 4) is 0 Å². The van der Waals surface area contributed by atoms with Crippen molar-refractivity contribution in [2.24, 2.45) is 0 Å². The maximum atomic E-state index is 13.0. The number of likely N-dealkylation sites (N-methyl/N-ethyl adjacent to an activating group) is 1. The van der Waals surface area contributed by atoms with Crippen molar-refractivity contribution < 1.29 is 42.9 Å². The van der Waals surface area contributed by atoms with E-state index in [0.29, 0.717) is 17.4 Å². The molecule has 0 spiro atoms. The number of aliphatic carboxylic acids is 1. The fourth-order valence-electron chi connectivity index (χ4n) is 12.5. The summed E-state index contributed by atoms with van der Waals surface area (Å²) < 4.78 is 23.1. The van der Waals surface area contributed by atoms with Gasteiger partial charge in [-0.15, -0.1) is 0 Å². The molecular formula is C90H162NO8+. The van der Waals surface area contributed by atoms with Gasteiger partial charge < -0.3 is 28.5 Å². The number of ether oxygens (including phenoxy) is 4. The number of carboxylic acids is 1.